The molecule has 8 nitrogen and oxygen atoms in total. The van der Waals surface area contributed by atoms with Gasteiger partial charge >= 0.3 is 7.60 Å². The van der Waals surface area contributed by atoms with E-state index < -0.39 is 7.60 Å². The monoisotopic (exact) mass is 482 g/mol. The van der Waals surface area contributed by atoms with Crippen molar-refractivity contribution in [2.75, 3.05) is 24.2 Å². The van der Waals surface area contributed by atoms with Crippen molar-refractivity contribution in [3.05, 3.63) is 59.3 Å². The minimum absolute atomic E-state index is 0.0969. The standard InChI is InChI=1S/C20H21Cl2N4O4P/c1-13(30-9-10-31(27,28)29)16-3-2-7-26(16)18-11-17(25-8-6-23-12-25)14-4-5-15(21)19(22)20(14)24-18/h4-6,8,11-12,16H,1-3,7,9-10H2,(H2,27,28,29)/t16-/m0/s1. The minimum Gasteiger partial charge on any atom is -0.496 e. The molecule has 2 aromatic heterocycles. The van der Waals surface area contributed by atoms with Crippen LogP contribution in [-0.2, 0) is 9.30 Å². The van der Waals surface area contributed by atoms with Crippen LogP contribution in [0.2, 0.25) is 10.0 Å². The number of anilines is 1. The predicted molar refractivity (Wildman–Crippen MR) is 121 cm³/mol. The summed E-state index contributed by atoms with van der Waals surface area (Å²) in [6.45, 7) is 4.62. The molecule has 0 saturated carbocycles. The molecule has 0 bridgehead atoms. The van der Waals surface area contributed by atoms with Gasteiger partial charge in [0.15, 0.2) is 0 Å². The number of hydrogen-bond acceptors (Lipinski definition) is 5. The van der Waals surface area contributed by atoms with Crippen molar-refractivity contribution >= 4 is 47.5 Å². The van der Waals surface area contributed by atoms with E-state index >= 15 is 0 Å². The average molecular weight is 483 g/mol. The molecule has 1 aromatic carbocycles. The smallest absolute Gasteiger partial charge is 0.328 e. The molecule has 0 amide bonds. The number of halogens is 2. The maximum absolute atomic E-state index is 11.1. The van der Waals surface area contributed by atoms with Crippen LogP contribution in [0.3, 0.4) is 0 Å². The fourth-order valence-corrected chi connectivity index (χ4v) is 4.42. The van der Waals surface area contributed by atoms with E-state index in [2.05, 4.69) is 16.5 Å². The molecule has 1 aliphatic heterocycles. The highest BCUT2D eigenvalue weighted by Gasteiger charge is 2.30. The summed E-state index contributed by atoms with van der Waals surface area (Å²) in [6, 6.07) is 5.40. The molecule has 11 heteroatoms. The van der Waals surface area contributed by atoms with Gasteiger partial charge in [0.25, 0.3) is 0 Å². The Kier molecular flexibility index (Phi) is 6.28. The molecule has 1 fully saturated rings. The van der Waals surface area contributed by atoms with Gasteiger partial charge in [0.05, 0.1) is 46.4 Å². The van der Waals surface area contributed by atoms with Crippen molar-refractivity contribution in [1.29, 1.82) is 0 Å². The van der Waals surface area contributed by atoms with Crippen LogP contribution in [0, 0.1) is 0 Å². The van der Waals surface area contributed by atoms with Gasteiger partial charge in [-0.3, -0.25) is 4.57 Å². The van der Waals surface area contributed by atoms with E-state index in [0.717, 1.165) is 30.5 Å². The summed E-state index contributed by atoms with van der Waals surface area (Å²) in [6.07, 6.45) is 6.57. The first-order chi connectivity index (χ1) is 14.7. The lowest BCUT2D eigenvalue weighted by Gasteiger charge is -2.28. The van der Waals surface area contributed by atoms with Gasteiger partial charge in [-0.05, 0) is 25.0 Å². The normalized spacial score (nSPS) is 16.8. The molecule has 0 radical (unpaired) electrons. The van der Waals surface area contributed by atoms with E-state index in [1.54, 1.807) is 18.6 Å². The number of aromatic nitrogens is 3. The Morgan fingerprint density at radius 3 is 2.87 bits per heavy atom. The fourth-order valence-electron chi connectivity index (χ4n) is 3.73. The molecular weight excluding hydrogens is 462 g/mol. The second kappa shape index (κ2) is 8.81. The molecule has 3 heterocycles. The molecule has 4 rings (SSSR count). The fraction of sp³-hybridized carbons (Fsp3) is 0.300. The van der Waals surface area contributed by atoms with Gasteiger partial charge in [0, 0.05) is 30.4 Å². The SMILES string of the molecule is C=C(OCCP(=O)(O)O)[C@@H]1CCCN1c1cc(-n2ccnc2)c2ccc(Cl)c(Cl)c2n1. The molecule has 1 atom stereocenters. The molecular formula is C20H21Cl2N4O4P. The number of hydrogen-bond donors (Lipinski definition) is 2. The number of imidazole rings is 1. The van der Waals surface area contributed by atoms with Gasteiger partial charge in [-0.2, -0.15) is 0 Å². The van der Waals surface area contributed by atoms with Gasteiger partial charge in [0.2, 0.25) is 0 Å². The molecule has 3 aromatic rings. The van der Waals surface area contributed by atoms with E-state index in [-0.39, 0.29) is 18.8 Å². The van der Waals surface area contributed by atoms with Crippen LogP contribution in [0.4, 0.5) is 5.82 Å². The first kappa shape index (κ1) is 22.1. The van der Waals surface area contributed by atoms with Crippen LogP contribution in [0.25, 0.3) is 16.6 Å². The Balaban J connectivity index is 1.70. The van der Waals surface area contributed by atoms with E-state index in [4.69, 9.17) is 42.7 Å². The summed E-state index contributed by atoms with van der Waals surface area (Å²) in [5.74, 6) is 1.14. The van der Waals surface area contributed by atoms with Gasteiger partial charge < -0.3 is 24.0 Å². The third kappa shape index (κ3) is 4.73. The highest BCUT2D eigenvalue weighted by molar-refractivity contribution is 7.51. The summed E-state index contributed by atoms with van der Waals surface area (Å²) < 4.78 is 18.5. The van der Waals surface area contributed by atoms with Crippen molar-refractivity contribution in [2.24, 2.45) is 0 Å². The first-order valence-electron chi connectivity index (χ1n) is 9.64. The van der Waals surface area contributed by atoms with Crippen LogP contribution >= 0.6 is 30.8 Å². The van der Waals surface area contributed by atoms with Gasteiger partial charge in [0.1, 0.15) is 11.6 Å². The Labute approximate surface area is 189 Å². The van der Waals surface area contributed by atoms with Gasteiger partial charge in [-0.15, -0.1) is 0 Å². The zero-order valence-corrected chi connectivity index (χ0v) is 18.9. The van der Waals surface area contributed by atoms with Crippen LogP contribution in [0.1, 0.15) is 12.8 Å². The van der Waals surface area contributed by atoms with Crippen LogP contribution in [-0.4, -0.2) is 49.7 Å². The van der Waals surface area contributed by atoms with E-state index in [1.165, 1.54) is 0 Å². The van der Waals surface area contributed by atoms with Crippen molar-refractivity contribution in [3.63, 3.8) is 0 Å². The maximum atomic E-state index is 11.1. The summed E-state index contributed by atoms with van der Waals surface area (Å²) >= 11 is 12.7. The second-order valence-corrected chi connectivity index (χ2v) is 9.84. The topological polar surface area (TPSA) is 101 Å². The Morgan fingerprint density at radius 1 is 1.35 bits per heavy atom. The zero-order chi connectivity index (χ0) is 22.2. The van der Waals surface area contributed by atoms with Crippen molar-refractivity contribution in [2.45, 2.75) is 18.9 Å². The number of rotatable bonds is 7. The quantitative estimate of drug-likeness (QED) is 0.380. The number of nitrogens with zero attached hydrogens (tertiary/aromatic N) is 4. The number of pyridine rings is 1. The Hall–Kier alpha value is -2.09. The Morgan fingerprint density at radius 2 is 2.16 bits per heavy atom. The third-order valence-electron chi connectivity index (χ3n) is 5.21. The zero-order valence-electron chi connectivity index (χ0n) is 16.5. The molecule has 0 spiro atoms. The summed E-state index contributed by atoms with van der Waals surface area (Å²) in [5.41, 5.74) is 1.43. The molecule has 0 unspecified atom stereocenters. The lowest BCUT2D eigenvalue weighted by atomic mass is 10.1. The van der Waals surface area contributed by atoms with Gasteiger partial charge in [-0.1, -0.05) is 29.8 Å². The molecule has 164 valence electrons. The molecule has 0 aliphatic carbocycles. The van der Waals surface area contributed by atoms with Crippen molar-refractivity contribution in [1.82, 2.24) is 14.5 Å². The van der Waals surface area contributed by atoms with E-state index in [0.29, 0.717) is 27.1 Å². The molecule has 31 heavy (non-hydrogen) atoms. The largest absolute Gasteiger partial charge is 0.496 e. The summed E-state index contributed by atoms with van der Waals surface area (Å²) in [4.78, 5) is 29.1. The van der Waals surface area contributed by atoms with Crippen molar-refractivity contribution < 1.29 is 19.1 Å². The number of ether oxygens (including phenoxy) is 1. The van der Waals surface area contributed by atoms with Crippen LogP contribution < -0.4 is 4.90 Å². The highest BCUT2D eigenvalue weighted by Crippen LogP contribution is 2.38. The summed E-state index contributed by atoms with van der Waals surface area (Å²) in [5, 5.41) is 1.62. The third-order valence-corrected chi connectivity index (χ3v) is 6.77. The van der Waals surface area contributed by atoms with Crippen molar-refractivity contribution in [3.8, 4) is 5.69 Å². The molecule has 2 N–H and O–H groups in total. The predicted octanol–water partition coefficient (Wildman–Crippen LogP) is 4.40. The Bertz CT molecular complexity index is 1170. The average Bonchev–Trinajstić information content (AvgIpc) is 3.41. The lowest BCUT2D eigenvalue weighted by molar-refractivity contribution is 0.206. The van der Waals surface area contributed by atoms with E-state index in [1.807, 2.05) is 22.9 Å². The van der Waals surface area contributed by atoms with Crippen LogP contribution in [0.15, 0.2) is 49.3 Å². The second-order valence-electron chi connectivity index (χ2n) is 7.28. The molecule has 1 aliphatic rings. The first-order valence-corrected chi connectivity index (χ1v) is 12.2. The minimum atomic E-state index is -4.13. The van der Waals surface area contributed by atoms with Crippen LogP contribution in [0.5, 0.6) is 0 Å². The number of fused-ring (bicyclic) bond motifs is 1. The number of benzene rings is 1. The van der Waals surface area contributed by atoms with E-state index in [9.17, 15) is 4.57 Å². The summed E-state index contributed by atoms with van der Waals surface area (Å²) in [7, 11) is -4.13. The maximum Gasteiger partial charge on any atom is 0.328 e. The highest BCUT2D eigenvalue weighted by atomic mass is 35.5. The lowest BCUT2D eigenvalue weighted by Crippen LogP contribution is -2.32. The van der Waals surface area contributed by atoms with Gasteiger partial charge in [-0.25, -0.2) is 9.97 Å². The molecule has 1 saturated heterocycles.